The minimum atomic E-state index is -1.99. The second kappa shape index (κ2) is 4.92. The molecule has 0 aromatic carbocycles. The van der Waals surface area contributed by atoms with Crippen LogP contribution in [0.4, 0.5) is 0 Å². The fourth-order valence-electron chi connectivity index (χ4n) is 0.843. The number of hydrogen-bond acceptors (Lipinski definition) is 4. The zero-order valence-corrected chi connectivity index (χ0v) is 9.39. The molecule has 0 N–H and O–H groups in total. The lowest BCUT2D eigenvalue weighted by Gasteiger charge is -2.27. The van der Waals surface area contributed by atoms with Crippen LogP contribution in [0.15, 0.2) is 6.07 Å². The van der Waals surface area contributed by atoms with Crippen molar-refractivity contribution < 1.29 is 9.47 Å². The fraction of sp³-hybridized carbons (Fsp3) is 0.333. The van der Waals surface area contributed by atoms with E-state index in [9.17, 15) is 0 Å². The standard InChI is InChI=1S/C6HB6ClN2O2/c7-5(8,9)16-2-1-3(13)14-15-4(2)17-6(10,11)12/h1H. The lowest BCUT2D eigenvalue weighted by molar-refractivity contribution is 0.254. The predicted octanol–water partition coefficient (Wildman–Crippen LogP) is -1.88. The molecule has 72 valence electrons. The SMILES string of the molecule is [B]C([B])([B])Oc1cc(Cl)nnc1OC([B])([B])[B]. The number of rotatable bonds is 4. The Labute approximate surface area is 112 Å². The van der Waals surface area contributed by atoms with Gasteiger partial charge in [0.25, 0.3) is 5.88 Å². The van der Waals surface area contributed by atoms with Crippen LogP contribution in [-0.2, 0) is 0 Å². The molecule has 1 aromatic heterocycles. The van der Waals surface area contributed by atoms with Crippen molar-refractivity contribution >= 4 is 58.7 Å². The molecule has 1 aromatic rings. The van der Waals surface area contributed by atoms with E-state index in [0.29, 0.717) is 0 Å². The molecule has 0 amide bonds. The number of nitrogens with zero attached hydrogens (tertiary/aromatic N) is 2. The molecule has 0 fully saturated rings. The van der Waals surface area contributed by atoms with Crippen molar-refractivity contribution in [2.75, 3.05) is 0 Å². The first-order valence-corrected chi connectivity index (χ1v) is 4.59. The van der Waals surface area contributed by atoms with E-state index in [1.54, 1.807) is 0 Å². The molecule has 1 heterocycles. The van der Waals surface area contributed by atoms with E-state index in [1.807, 2.05) is 0 Å². The van der Waals surface area contributed by atoms with Crippen LogP contribution in [0.3, 0.4) is 0 Å². The molecule has 0 aliphatic rings. The smallest absolute Gasteiger partial charge is 0.274 e. The van der Waals surface area contributed by atoms with Crippen LogP contribution >= 0.6 is 11.6 Å². The van der Waals surface area contributed by atoms with Crippen LogP contribution in [0.5, 0.6) is 11.6 Å². The van der Waals surface area contributed by atoms with Gasteiger partial charge >= 0.3 is 0 Å². The Hall–Kier alpha value is -0.640. The van der Waals surface area contributed by atoms with Crippen molar-refractivity contribution in [3.05, 3.63) is 11.2 Å². The lowest BCUT2D eigenvalue weighted by Crippen LogP contribution is -2.40. The summed E-state index contributed by atoms with van der Waals surface area (Å²) in [6.45, 7) is 0. The molecule has 4 nitrogen and oxygen atoms in total. The maximum atomic E-state index is 5.59. The van der Waals surface area contributed by atoms with Crippen LogP contribution in [0.1, 0.15) is 0 Å². The zero-order valence-electron chi connectivity index (χ0n) is 8.63. The summed E-state index contributed by atoms with van der Waals surface area (Å²) in [6, 6.07) is 1.21. The maximum absolute atomic E-state index is 5.59. The van der Waals surface area contributed by atoms with Crippen LogP contribution in [0.25, 0.3) is 0 Å². The third-order valence-corrected chi connectivity index (χ3v) is 1.44. The highest BCUT2D eigenvalue weighted by Crippen LogP contribution is 2.28. The summed E-state index contributed by atoms with van der Waals surface area (Å²) in [5.74, 6) is -0.365. The average molecular weight is 233 g/mol. The molecule has 0 spiro atoms. The van der Waals surface area contributed by atoms with Gasteiger partial charge in [0.05, 0.1) is 0 Å². The summed E-state index contributed by atoms with van der Waals surface area (Å²) in [4.78, 5) is 0. The van der Waals surface area contributed by atoms with Crippen LogP contribution in [-0.4, -0.2) is 67.9 Å². The van der Waals surface area contributed by atoms with E-state index in [-0.39, 0.29) is 16.8 Å². The van der Waals surface area contributed by atoms with E-state index in [1.165, 1.54) is 6.07 Å². The summed E-state index contributed by atoms with van der Waals surface area (Å²) in [6.07, 6.45) is 0. The molecule has 0 aliphatic heterocycles. The Morgan fingerprint density at radius 2 is 1.47 bits per heavy atom. The lowest BCUT2D eigenvalue weighted by atomic mass is 9.52. The van der Waals surface area contributed by atoms with Crippen molar-refractivity contribution in [1.29, 1.82) is 0 Å². The van der Waals surface area contributed by atoms with Gasteiger partial charge in [-0.05, 0) is 10.6 Å². The minimum absolute atomic E-state index is 0.00624. The fourth-order valence-corrected chi connectivity index (χ4v) is 0.980. The third-order valence-electron chi connectivity index (χ3n) is 1.26. The van der Waals surface area contributed by atoms with E-state index < -0.39 is 10.6 Å². The van der Waals surface area contributed by atoms with Gasteiger partial charge in [-0.2, -0.15) is 0 Å². The van der Waals surface area contributed by atoms with Gasteiger partial charge in [-0.25, -0.2) is 0 Å². The Morgan fingerprint density at radius 3 is 1.94 bits per heavy atom. The van der Waals surface area contributed by atoms with Gasteiger partial charge < -0.3 is 9.47 Å². The zero-order chi connectivity index (χ0) is 13.3. The third kappa shape index (κ3) is 5.48. The molecule has 0 aliphatic carbocycles. The highest BCUT2D eigenvalue weighted by molar-refractivity contribution is 6.59. The molecular formula is C6HB6ClN2O2. The van der Waals surface area contributed by atoms with Gasteiger partial charge in [-0.1, -0.05) is 11.6 Å². The molecule has 0 saturated heterocycles. The highest BCUT2D eigenvalue weighted by Gasteiger charge is 2.20. The first kappa shape index (κ1) is 14.4. The molecule has 12 radical (unpaired) electrons. The molecule has 0 atom stereocenters. The molecule has 17 heavy (non-hydrogen) atoms. The molecule has 0 unspecified atom stereocenters. The minimum Gasteiger partial charge on any atom is -0.511 e. The van der Waals surface area contributed by atoms with E-state index >= 15 is 0 Å². The van der Waals surface area contributed by atoms with Crippen molar-refractivity contribution in [2.24, 2.45) is 0 Å². The van der Waals surface area contributed by atoms with Gasteiger partial charge in [0.15, 0.2) is 10.9 Å². The van der Waals surface area contributed by atoms with Crippen LogP contribution in [0.2, 0.25) is 5.15 Å². The molecule has 0 bridgehead atoms. The van der Waals surface area contributed by atoms with Gasteiger partial charge in [-0.15, -0.1) is 10.2 Å². The summed E-state index contributed by atoms with van der Waals surface area (Å²) in [7, 11) is 31.4. The number of ether oxygens (including phenoxy) is 2. The molecule has 0 saturated carbocycles. The molecule has 1 rings (SSSR count). The Balaban J connectivity index is 3.04. The predicted molar refractivity (Wildman–Crippen MR) is 68.3 cm³/mol. The van der Waals surface area contributed by atoms with Crippen molar-refractivity contribution in [2.45, 2.75) is 10.6 Å². The van der Waals surface area contributed by atoms with Crippen LogP contribution in [0, 0.1) is 0 Å². The van der Waals surface area contributed by atoms with E-state index in [4.69, 9.17) is 68.2 Å². The monoisotopic (exact) mass is 234 g/mol. The number of hydrogen-bond donors (Lipinski definition) is 0. The topological polar surface area (TPSA) is 44.2 Å². The van der Waals surface area contributed by atoms with E-state index in [2.05, 4.69) is 10.2 Å². The molecular weight excluding hydrogens is 232 g/mol. The Morgan fingerprint density at radius 1 is 0.941 bits per heavy atom. The first-order chi connectivity index (χ1) is 7.57. The average Bonchev–Trinajstić information content (AvgIpc) is 2.05. The normalized spacial score (nSPS) is 12.1. The summed E-state index contributed by atoms with van der Waals surface area (Å²) < 4.78 is 9.76. The quantitative estimate of drug-likeness (QED) is 0.571. The second-order valence-electron chi connectivity index (χ2n) is 3.25. The summed E-state index contributed by atoms with van der Waals surface area (Å²) in [5.41, 5.74) is 0. The van der Waals surface area contributed by atoms with Crippen molar-refractivity contribution in [3.8, 4) is 11.6 Å². The van der Waals surface area contributed by atoms with E-state index in [0.717, 1.165) is 0 Å². The van der Waals surface area contributed by atoms with Gasteiger partial charge in [-0.3, -0.25) is 0 Å². The maximum Gasteiger partial charge on any atom is 0.274 e. The van der Waals surface area contributed by atoms with Crippen molar-refractivity contribution in [1.82, 2.24) is 10.2 Å². The van der Waals surface area contributed by atoms with Gasteiger partial charge in [0.1, 0.15) is 47.1 Å². The Bertz CT molecular complexity index is 406. The molecule has 11 heteroatoms. The van der Waals surface area contributed by atoms with Crippen LogP contribution < -0.4 is 9.47 Å². The first-order valence-electron chi connectivity index (χ1n) is 4.21. The Kier molecular flexibility index (Phi) is 4.18. The largest absolute Gasteiger partial charge is 0.511 e. The summed E-state index contributed by atoms with van der Waals surface area (Å²) in [5, 5.41) is 3.03. The number of aromatic nitrogens is 2. The highest BCUT2D eigenvalue weighted by atomic mass is 35.5. The van der Waals surface area contributed by atoms with Gasteiger partial charge in [0, 0.05) is 6.07 Å². The number of halogens is 1. The second-order valence-corrected chi connectivity index (χ2v) is 3.63. The summed E-state index contributed by atoms with van der Waals surface area (Å²) >= 11 is 5.59. The van der Waals surface area contributed by atoms with Gasteiger partial charge in [0.2, 0.25) is 0 Å². The van der Waals surface area contributed by atoms with Crippen molar-refractivity contribution in [3.63, 3.8) is 0 Å².